The van der Waals surface area contributed by atoms with Gasteiger partial charge in [-0.05, 0) is 36.4 Å². The number of epoxide rings is 1. The molecule has 2 saturated heterocycles. The Morgan fingerprint density at radius 3 is 2.28 bits per heavy atom. The number of carbonyl (C=O) groups is 2. The molecular weight excluding hydrogens is 503 g/mol. The zero-order chi connectivity index (χ0) is 26.4. The summed E-state index contributed by atoms with van der Waals surface area (Å²) >= 11 is 0. The van der Waals surface area contributed by atoms with Crippen LogP contribution in [-0.4, -0.2) is 56.4 Å². The van der Waals surface area contributed by atoms with Gasteiger partial charge in [0.25, 0.3) is 0 Å². The Morgan fingerprint density at radius 1 is 1.08 bits per heavy atom. The highest BCUT2D eigenvalue weighted by Crippen LogP contribution is 2.47. The fourth-order valence-corrected chi connectivity index (χ4v) is 3.62. The molecule has 2 aromatic rings. The lowest BCUT2D eigenvalue weighted by Crippen LogP contribution is -2.35. The van der Waals surface area contributed by atoms with Crippen LogP contribution in [0.25, 0.3) is 0 Å². The largest absolute Gasteiger partial charge is 0.420 e. The highest BCUT2D eigenvalue weighted by atomic mass is 19.4. The van der Waals surface area contributed by atoms with Gasteiger partial charge in [0.2, 0.25) is 0 Å². The first kappa shape index (κ1) is 25.5. The quantitative estimate of drug-likeness (QED) is 0.404. The molecule has 0 bridgehead atoms. The second kappa shape index (κ2) is 9.15. The monoisotopic (exact) mass is 521 g/mol. The SMILES string of the molecule is CN(C(=O)Oc1c(N2CCN(CC3CO3)C2=O)cc(C(F)(F)F)cc1C(F)(F)F)c1ccc(F)cc1. The van der Waals surface area contributed by atoms with E-state index in [1.165, 1.54) is 4.90 Å². The molecule has 2 fully saturated rings. The molecule has 194 valence electrons. The number of rotatable bonds is 5. The molecule has 0 N–H and O–H groups in total. The highest BCUT2D eigenvalue weighted by molar-refractivity contribution is 5.97. The average Bonchev–Trinajstić information content (AvgIpc) is 3.54. The van der Waals surface area contributed by atoms with Crippen LogP contribution in [0.3, 0.4) is 0 Å². The van der Waals surface area contributed by atoms with Crippen molar-refractivity contribution >= 4 is 23.5 Å². The Kier molecular flexibility index (Phi) is 6.49. The van der Waals surface area contributed by atoms with Gasteiger partial charge in [-0.15, -0.1) is 0 Å². The van der Waals surface area contributed by atoms with Crippen LogP contribution < -0.4 is 14.5 Å². The van der Waals surface area contributed by atoms with Crippen molar-refractivity contribution in [1.29, 1.82) is 0 Å². The minimum atomic E-state index is -5.37. The molecule has 0 saturated carbocycles. The van der Waals surface area contributed by atoms with Gasteiger partial charge in [0.15, 0.2) is 5.75 Å². The molecule has 2 aliphatic rings. The van der Waals surface area contributed by atoms with Gasteiger partial charge in [-0.25, -0.2) is 14.0 Å². The summed E-state index contributed by atoms with van der Waals surface area (Å²) in [5.74, 6) is -1.90. The number of halogens is 7. The average molecular weight is 521 g/mol. The first-order chi connectivity index (χ1) is 16.8. The smallest absolute Gasteiger partial charge is 0.407 e. The lowest BCUT2D eigenvalue weighted by Gasteiger charge is -2.26. The summed E-state index contributed by atoms with van der Waals surface area (Å²) in [7, 11) is 1.12. The predicted molar refractivity (Wildman–Crippen MR) is 111 cm³/mol. The molecule has 0 spiro atoms. The normalized spacial score (nSPS) is 18.0. The van der Waals surface area contributed by atoms with Crippen molar-refractivity contribution in [2.45, 2.75) is 18.5 Å². The molecule has 2 aliphatic heterocycles. The lowest BCUT2D eigenvalue weighted by molar-refractivity contribution is -0.143. The Labute approximate surface area is 199 Å². The number of benzene rings is 2. The molecule has 0 aliphatic carbocycles. The van der Waals surface area contributed by atoms with Gasteiger partial charge in [0.05, 0.1) is 30.5 Å². The minimum Gasteiger partial charge on any atom is -0.407 e. The van der Waals surface area contributed by atoms with Crippen molar-refractivity contribution < 1.29 is 49.8 Å². The summed E-state index contributed by atoms with van der Waals surface area (Å²) in [4.78, 5) is 28.2. The van der Waals surface area contributed by atoms with Crippen molar-refractivity contribution in [1.82, 2.24) is 4.90 Å². The minimum absolute atomic E-state index is 0.0131. The van der Waals surface area contributed by atoms with E-state index in [4.69, 9.17) is 9.47 Å². The molecule has 2 heterocycles. The van der Waals surface area contributed by atoms with E-state index in [1.807, 2.05) is 0 Å². The van der Waals surface area contributed by atoms with E-state index >= 15 is 0 Å². The Hall–Kier alpha value is -3.55. The molecule has 0 radical (unpaired) electrons. The van der Waals surface area contributed by atoms with E-state index in [9.17, 15) is 40.3 Å². The number of amides is 3. The number of urea groups is 1. The maximum absolute atomic E-state index is 13.9. The zero-order valence-corrected chi connectivity index (χ0v) is 18.5. The van der Waals surface area contributed by atoms with Crippen molar-refractivity contribution in [3.8, 4) is 5.75 Å². The Morgan fingerprint density at radius 2 is 1.72 bits per heavy atom. The van der Waals surface area contributed by atoms with Crippen molar-refractivity contribution in [3.05, 3.63) is 53.3 Å². The number of alkyl halides is 6. The molecule has 1 atom stereocenters. The van der Waals surface area contributed by atoms with Crippen LogP contribution >= 0.6 is 0 Å². The van der Waals surface area contributed by atoms with Gasteiger partial charge in [0.1, 0.15) is 11.4 Å². The second-order valence-electron chi connectivity index (χ2n) is 8.11. The molecule has 4 rings (SSSR count). The van der Waals surface area contributed by atoms with Crippen molar-refractivity contribution in [3.63, 3.8) is 0 Å². The Balaban J connectivity index is 1.77. The molecular formula is C22H18F7N3O4. The molecule has 0 aromatic heterocycles. The number of hydrogen-bond donors (Lipinski definition) is 0. The van der Waals surface area contributed by atoms with Gasteiger partial charge >= 0.3 is 24.5 Å². The van der Waals surface area contributed by atoms with E-state index in [1.54, 1.807) is 0 Å². The van der Waals surface area contributed by atoms with E-state index in [2.05, 4.69) is 0 Å². The third-order valence-corrected chi connectivity index (χ3v) is 5.59. The van der Waals surface area contributed by atoms with E-state index in [0.29, 0.717) is 17.6 Å². The van der Waals surface area contributed by atoms with E-state index in [0.717, 1.165) is 36.2 Å². The first-order valence-electron chi connectivity index (χ1n) is 10.5. The molecule has 2 aromatic carbocycles. The summed E-state index contributed by atoms with van der Waals surface area (Å²) in [6, 6.07) is 3.58. The zero-order valence-electron chi connectivity index (χ0n) is 18.5. The summed E-state index contributed by atoms with van der Waals surface area (Å²) in [6.45, 7) is 0.259. The van der Waals surface area contributed by atoms with Crippen LogP contribution in [0.2, 0.25) is 0 Å². The summed E-state index contributed by atoms with van der Waals surface area (Å²) in [5, 5.41) is 0. The number of nitrogens with zero attached hydrogens (tertiary/aromatic N) is 3. The van der Waals surface area contributed by atoms with Crippen LogP contribution in [0.4, 0.5) is 51.7 Å². The predicted octanol–water partition coefficient (Wildman–Crippen LogP) is 5.14. The topological polar surface area (TPSA) is 65.6 Å². The number of ether oxygens (including phenoxy) is 2. The maximum Gasteiger partial charge on any atom is 0.420 e. The molecule has 3 amide bonds. The third-order valence-electron chi connectivity index (χ3n) is 5.59. The fraction of sp³-hybridized carbons (Fsp3) is 0.364. The van der Waals surface area contributed by atoms with Crippen molar-refractivity contribution in [2.24, 2.45) is 0 Å². The summed E-state index contributed by atoms with van der Waals surface area (Å²) in [6.07, 6.45) is -12.2. The van der Waals surface area contributed by atoms with Crippen LogP contribution in [0.5, 0.6) is 5.75 Å². The fourth-order valence-electron chi connectivity index (χ4n) is 3.62. The van der Waals surface area contributed by atoms with Gasteiger partial charge in [-0.2, -0.15) is 26.3 Å². The van der Waals surface area contributed by atoms with Crippen LogP contribution in [-0.2, 0) is 17.1 Å². The number of hydrogen-bond acceptors (Lipinski definition) is 4. The number of anilines is 2. The summed E-state index contributed by atoms with van der Waals surface area (Å²) < 4.78 is 105. The molecule has 1 unspecified atom stereocenters. The van der Waals surface area contributed by atoms with Gasteiger partial charge in [0, 0.05) is 25.8 Å². The third kappa shape index (κ3) is 5.32. The van der Waals surface area contributed by atoms with Crippen LogP contribution in [0.15, 0.2) is 36.4 Å². The number of carbonyl (C=O) groups excluding carboxylic acids is 2. The van der Waals surface area contributed by atoms with Gasteiger partial charge in [-0.1, -0.05) is 0 Å². The van der Waals surface area contributed by atoms with Gasteiger partial charge < -0.3 is 14.4 Å². The Bertz CT molecular complexity index is 1160. The van der Waals surface area contributed by atoms with Crippen LogP contribution in [0.1, 0.15) is 11.1 Å². The maximum atomic E-state index is 13.9. The highest BCUT2D eigenvalue weighted by Gasteiger charge is 2.44. The van der Waals surface area contributed by atoms with E-state index < -0.39 is 52.9 Å². The van der Waals surface area contributed by atoms with Gasteiger partial charge in [-0.3, -0.25) is 9.80 Å². The summed E-state index contributed by atoms with van der Waals surface area (Å²) in [5.41, 5.74) is -4.38. The van der Waals surface area contributed by atoms with Crippen LogP contribution in [0, 0.1) is 5.82 Å². The molecule has 7 nitrogen and oxygen atoms in total. The van der Waals surface area contributed by atoms with E-state index in [-0.39, 0.29) is 37.5 Å². The van der Waals surface area contributed by atoms with Crippen molar-refractivity contribution in [2.75, 3.05) is 43.1 Å². The lowest BCUT2D eigenvalue weighted by atomic mass is 10.1. The second-order valence-corrected chi connectivity index (χ2v) is 8.11. The first-order valence-corrected chi connectivity index (χ1v) is 10.5. The molecule has 36 heavy (non-hydrogen) atoms. The standard InChI is InChI=1S/C22H18F7N3O4/c1-30(14-4-2-13(23)3-5-14)20(34)36-18-16(22(27,28)29)8-12(21(24,25)26)9-17(18)32-7-6-31(19(32)33)10-15-11-35-15/h2-5,8-9,15H,6-7,10-11H2,1H3. The molecule has 14 heteroatoms.